The predicted molar refractivity (Wildman–Crippen MR) is 53.6 cm³/mol. The van der Waals surface area contributed by atoms with E-state index in [-0.39, 0.29) is 12.2 Å². The minimum atomic E-state index is -0.613. The van der Waals surface area contributed by atoms with Gasteiger partial charge in [0.25, 0.3) is 0 Å². The third-order valence-corrected chi connectivity index (χ3v) is 2.37. The van der Waals surface area contributed by atoms with Crippen LogP contribution in [-0.4, -0.2) is 9.59 Å². The summed E-state index contributed by atoms with van der Waals surface area (Å²) in [5, 5.41) is 8.10. The minimum Gasteiger partial charge on any atom is -0.375 e. The Morgan fingerprint density at radius 1 is 1.27 bits per heavy atom. The highest BCUT2D eigenvalue weighted by Crippen LogP contribution is 2.18. The Labute approximate surface area is 88.9 Å². The zero-order valence-electron chi connectivity index (χ0n) is 7.58. The van der Waals surface area contributed by atoms with Gasteiger partial charge in [0.2, 0.25) is 0 Å². The molecule has 1 N–H and O–H groups in total. The fourth-order valence-corrected chi connectivity index (χ4v) is 1.56. The number of hydrogen-bond acceptors (Lipinski definition) is 4. The lowest BCUT2D eigenvalue weighted by atomic mass is 10.3. The monoisotopic (exact) mass is 227 g/mol. The quantitative estimate of drug-likeness (QED) is 0.875. The third-order valence-electron chi connectivity index (χ3n) is 1.81. The number of para-hydroxylation sites is 1. The van der Waals surface area contributed by atoms with Crippen LogP contribution in [0.2, 0.25) is 0 Å². The van der Waals surface area contributed by atoms with Gasteiger partial charge in [-0.1, -0.05) is 10.6 Å². The van der Waals surface area contributed by atoms with E-state index < -0.39 is 11.6 Å². The summed E-state index contributed by atoms with van der Waals surface area (Å²) in [4.78, 5) is 0. The molecule has 0 radical (unpaired) electrons. The Hall–Kier alpha value is -1.56. The van der Waals surface area contributed by atoms with Crippen LogP contribution in [0.15, 0.2) is 23.6 Å². The highest BCUT2D eigenvalue weighted by molar-refractivity contribution is 7.03. The van der Waals surface area contributed by atoms with E-state index in [0.29, 0.717) is 5.69 Å². The molecule has 1 aromatic carbocycles. The maximum Gasteiger partial charge on any atom is 0.149 e. The predicted octanol–water partition coefficient (Wildman–Crippen LogP) is 2.43. The Bertz CT molecular complexity index is 424. The largest absolute Gasteiger partial charge is 0.375 e. The summed E-state index contributed by atoms with van der Waals surface area (Å²) < 4.78 is 29.9. The Balaban J connectivity index is 2.11. The first-order valence-corrected chi connectivity index (χ1v) is 5.05. The number of halogens is 2. The van der Waals surface area contributed by atoms with E-state index in [9.17, 15) is 8.78 Å². The first-order chi connectivity index (χ1) is 7.27. The number of anilines is 1. The molecule has 1 aromatic heterocycles. The molecule has 2 rings (SSSR count). The molecular weight excluding hydrogens is 220 g/mol. The average Bonchev–Trinajstić information content (AvgIpc) is 2.70. The van der Waals surface area contributed by atoms with Crippen LogP contribution in [0.5, 0.6) is 0 Å². The summed E-state index contributed by atoms with van der Waals surface area (Å²) in [6, 6.07) is 3.72. The second-order valence-corrected chi connectivity index (χ2v) is 3.46. The molecule has 0 atom stereocenters. The van der Waals surface area contributed by atoms with Crippen LogP contribution in [0.3, 0.4) is 0 Å². The van der Waals surface area contributed by atoms with E-state index in [2.05, 4.69) is 14.9 Å². The van der Waals surface area contributed by atoms with Gasteiger partial charge in [0.1, 0.15) is 17.3 Å². The normalized spacial score (nSPS) is 10.3. The molecule has 2 aromatic rings. The van der Waals surface area contributed by atoms with E-state index in [1.54, 1.807) is 5.38 Å². The van der Waals surface area contributed by atoms with Gasteiger partial charge < -0.3 is 5.32 Å². The smallest absolute Gasteiger partial charge is 0.149 e. The molecule has 0 aliphatic carbocycles. The van der Waals surface area contributed by atoms with Crippen LogP contribution in [-0.2, 0) is 6.54 Å². The molecule has 0 saturated heterocycles. The highest BCUT2D eigenvalue weighted by atomic mass is 32.1. The Morgan fingerprint density at radius 3 is 2.60 bits per heavy atom. The van der Waals surface area contributed by atoms with E-state index >= 15 is 0 Å². The second kappa shape index (κ2) is 4.31. The van der Waals surface area contributed by atoms with Gasteiger partial charge in [0.05, 0.1) is 12.2 Å². The van der Waals surface area contributed by atoms with Gasteiger partial charge in [-0.15, -0.1) is 5.10 Å². The summed E-state index contributed by atoms with van der Waals surface area (Å²) in [6.45, 7) is 0.258. The average molecular weight is 227 g/mol. The summed E-state index contributed by atoms with van der Waals surface area (Å²) in [7, 11) is 0. The fraction of sp³-hybridized carbons (Fsp3) is 0.111. The SMILES string of the molecule is Fc1cccc(F)c1NCc1csnn1. The third kappa shape index (κ3) is 2.27. The Kier molecular flexibility index (Phi) is 2.86. The molecule has 0 saturated carbocycles. The number of benzene rings is 1. The number of rotatable bonds is 3. The minimum absolute atomic E-state index is 0.134. The second-order valence-electron chi connectivity index (χ2n) is 2.85. The molecule has 6 heteroatoms. The van der Waals surface area contributed by atoms with Gasteiger partial charge in [0.15, 0.2) is 0 Å². The lowest BCUT2D eigenvalue weighted by molar-refractivity contribution is 0.588. The van der Waals surface area contributed by atoms with Crippen molar-refractivity contribution in [3.8, 4) is 0 Å². The molecule has 1 heterocycles. The molecule has 3 nitrogen and oxygen atoms in total. The standard InChI is InChI=1S/C9H7F2N3S/c10-7-2-1-3-8(11)9(7)12-4-6-5-15-14-13-6/h1-3,5,12H,4H2. The molecule has 0 bridgehead atoms. The molecule has 0 aliphatic heterocycles. The summed E-state index contributed by atoms with van der Waals surface area (Å²) in [5.74, 6) is -1.23. The molecule has 0 aliphatic rings. The van der Waals surface area contributed by atoms with Gasteiger partial charge in [-0.25, -0.2) is 8.78 Å². The van der Waals surface area contributed by atoms with E-state index in [1.807, 2.05) is 0 Å². The van der Waals surface area contributed by atoms with Crippen molar-refractivity contribution in [3.05, 3.63) is 40.9 Å². The van der Waals surface area contributed by atoms with Crippen molar-refractivity contribution >= 4 is 17.2 Å². The lowest BCUT2D eigenvalue weighted by Crippen LogP contribution is -2.03. The van der Waals surface area contributed by atoms with E-state index in [0.717, 1.165) is 0 Å². The molecule has 0 unspecified atom stereocenters. The highest BCUT2D eigenvalue weighted by Gasteiger charge is 2.07. The summed E-state index contributed by atoms with van der Waals surface area (Å²) in [5.41, 5.74) is 0.521. The number of nitrogens with zero attached hydrogens (tertiary/aromatic N) is 2. The van der Waals surface area contributed by atoms with Crippen molar-refractivity contribution < 1.29 is 8.78 Å². The molecule has 15 heavy (non-hydrogen) atoms. The van der Waals surface area contributed by atoms with Crippen LogP contribution in [0.25, 0.3) is 0 Å². The molecule has 0 spiro atoms. The van der Waals surface area contributed by atoms with Crippen molar-refractivity contribution in [2.75, 3.05) is 5.32 Å². The zero-order chi connectivity index (χ0) is 10.7. The van der Waals surface area contributed by atoms with Gasteiger partial charge in [0, 0.05) is 5.38 Å². The topological polar surface area (TPSA) is 37.8 Å². The van der Waals surface area contributed by atoms with Crippen LogP contribution in [0, 0.1) is 11.6 Å². The van der Waals surface area contributed by atoms with Crippen molar-refractivity contribution in [1.82, 2.24) is 9.59 Å². The van der Waals surface area contributed by atoms with Crippen LogP contribution in [0.4, 0.5) is 14.5 Å². The zero-order valence-corrected chi connectivity index (χ0v) is 8.39. The van der Waals surface area contributed by atoms with Gasteiger partial charge in [-0.05, 0) is 23.7 Å². The molecular formula is C9H7F2N3S. The van der Waals surface area contributed by atoms with Crippen molar-refractivity contribution in [1.29, 1.82) is 0 Å². The lowest BCUT2D eigenvalue weighted by Gasteiger charge is -2.06. The number of hydrogen-bond donors (Lipinski definition) is 1. The molecule has 0 amide bonds. The van der Waals surface area contributed by atoms with Crippen LogP contribution < -0.4 is 5.32 Å². The van der Waals surface area contributed by atoms with E-state index in [4.69, 9.17) is 0 Å². The van der Waals surface area contributed by atoms with Crippen molar-refractivity contribution in [2.45, 2.75) is 6.54 Å². The maximum atomic E-state index is 13.1. The molecule has 78 valence electrons. The summed E-state index contributed by atoms with van der Waals surface area (Å²) >= 11 is 1.19. The number of aromatic nitrogens is 2. The molecule has 0 fully saturated rings. The van der Waals surface area contributed by atoms with E-state index in [1.165, 1.54) is 29.7 Å². The van der Waals surface area contributed by atoms with Gasteiger partial charge >= 0.3 is 0 Å². The fourth-order valence-electron chi connectivity index (χ4n) is 1.11. The van der Waals surface area contributed by atoms with Crippen molar-refractivity contribution in [3.63, 3.8) is 0 Å². The van der Waals surface area contributed by atoms with Gasteiger partial charge in [-0.3, -0.25) is 0 Å². The van der Waals surface area contributed by atoms with Crippen molar-refractivity contribution in [2.24, 2.45) is 0 Å². The van der Waals surface area contributed by atoms with Gasteiger partial charge in [-0.2, -0.15) is 0 Å². The summed E-state index contributed by atoms with van der Waals surface area (Å²) in [6.07, 6.45) is 0. The first-order valence-electron chi connectivity index (χ1n) is 4.21. The first kappa shape index (κ1) is 9.97. The number of nitrogens with one attached hydrogen (secondary N) is 1. The van der Waals surface area contributed by atoms with Crippen LogP contribution >= 0.6 is 11.5 Å². The van der Waals surface area contributed by atoms with Crippen LogP contribution in [0.1, 0.15) is 5.69 Å². The maximum absolute atomic E-state index is 13.1. The Morgan fingerprint density at radius 2 is 2.00 bits per heavy atom.